The molecule has 134 valence electrons. The van der Waals surface area contributed by atoms with Crippen molar-refractivity contribution in [1.82, 2.24) is 10.2 Å². The summed E-state index contributed by atoms with van der Waals surface area (Å²) in [4.78, 5) is 14.2. The molecule has 3 rings (SSSR count). The first kappa shape index (κ1) is 19.2. The molecule has 0 aliphatic carbocycles. The minimum atomic E-state index is -0.392. The van der Waals surface area contributed by atoms with Gasteiger partial charge >= 0.3 is 0 Å². The van der Waals surface area contributed by atoms with Gasteiger partial charge in [0.05, 0.1) is 12.6 Å². The van der Waals surface area contributed by atoms with Gasteiger partial charge in [-0.2, -0.15) is 0 Å². The number of amides is 1. The molecule has 1 heterocycles. The zero-order chi connectivity index (χ0) is 16.9. The minimum Gasteiger partial charge on any atom is -0.489 e. The second kappa shape index (κ2) is 8.83. The van der Waals surface area contributed by atoms with E-state index in [9.17, 15) is 9.18 Å². The van der Waals surface area contributed by atoms with E-state index in [0.29, 0.717) is 19.5 Å². The van der Waals surface area contributed by atoms with Crippen LogP contribution < -0.4 is 10.1 Å². The fourth-order valence-electron chi connectivity index (χ4n) is 2.86. The highest BCUT2D eigenvalue weighted by molar-refractivity contribution is 5.85. The number of halogens is 2. The van der Waals surface area contributed by atoms with E-state index < -0.39 is 5.82 Å². The third-order valence-electron chi connectivity index (χ3n) is 4.28. The van der Waals surface area contributed by atoms with Crippen LogP contribution >= 0.6 is 12.4 Å². The lowest BCUT2D eigenvalue weighted by atomic mass is 9.95. The van der Waals surface area contributed by atoms with E-state index in [0.717, 1.165) is 0 Å². The van der Waals surface area contributed by atoms with Gasteiger partial charge in [0.25, 0.3) is 0 Å². The van der Waals surface area contributed by atoms with Gasteiger partial charge in [-0.1, -0.05) is 36.4 Å². The second-order valence-corrected chi connectivity index (χ2v) is 5.94. The maximum absolute atomic E-state index is 13.5. The van der Waals surface area contributed by atoms with Gasteiger partial charge in [0.2, 0.25) is 5.91 Å². The van der Waals surface area contributed by atoms with Crippen molar-refractivity contribution in [3.05, 3.63) is 65.5 Å². The van der Waals surface area contributed by atoms with Gasteiger partial charge in [0.15, 0.2) is 11.6 Å². The first-order chi connectivity index (χ1) is 11.6. The zero-order valence-electron chi connectivity index (χ0n) is 14.1. The predicted octanol–water partition coefficient (Wildman–Crippen LogP) is 2.80. The molecular weight excluding hydrogens is 343 g/mol. The average molecular weight is 365 g/mol. The van der Waals surface area contributed by atoms with Crippen molar-refractivity contribution < 1.29 is 13.9 Å². The van der Waals surface area contributed by atoms with Crippen molar-refractivity contribution in [2.45, 2.75) is 19.0 Å². The number of carbonyl (C=O) groups excluding carboxylic acids is 1. The number of benzene rings is 2. The SMILES string of the molecule is CN(CCOc1ccccc1F)C(=O)C1Cc2ccccc2CN1.Cl. The number of hydrogen-bond donors (Lipinski definition) is 1. The molecule has 6 heteroatoms. The Kier molecular flexibility index (Phi) is 6.79. The van der Waals surface area contributed by atoms with E-state index in [2.05, 4.69) is 17.4 Å². The first-order valence-corrected chi connectivity index (χ1v) is 8.07. The van der Waals surface area contributed by atoms with Gasteiger partial charge < -0.3 is 15.0 Å². The van der Waals surface area contributed by atoms with Crippen LogP contribution in [0.2, 0.25) is 0 Å². The molecule has 1 N–H and O–H groups in total. The number of rotatable bonds is 5. The fraction of sp³-hybridized carbons (Fsp3) is 0.316. The van der Waals surface area contributed by atoms with Gasteiger partial charge in [-0.3, -0.25) is 4.79 Å². The van der Waals surface area contributed by atoms with Crippen LogP contribution in [0.3, 0.4) is 0 Å². The second-order valence-electron chi connectivity index (χ2n) is 5.94. The zero-order valence-corrected chi connectivity index (χ0v) is 14.9. The van der Waals surface area contributed by atoms with E-state index in [4.69, 9.17) is 4.74 Å². The van der Waals surface area contributed by atoms with Crippen LogP contribution in [0, 0.1) is 5.82 Å². The molecule has 1 aliphatic heterocycles. The van der Waals surface area contributed by atoms with E-state index in [1.54, 1.807) is 30.1 Å². The lowest BCUT2D eigenvalue weighted by Crippen LogP contribution is -2.49. The Morgan fingerprint density at radius 3 is 2.64 bits per heavy atom. The first-order valence-electron chi connectivity index (χ1n) is 8.07. The molecule has 1 unspecified atom stereocenters. The van der Waals surface area contributed by atoms with Gasteiger partial charge in [-0.15, -0.1) is 12.4 Å². The molecule has 0 bridgehead atoms. The summed E-state index contributed by atoms with van der Waals surface area (Å²) in [6, 6.07) is 14.2. The molecule has 0 aromatic heterocycles. The Morgan fingerprint density at radius 1 is 1.20 bits per heavy atom. The number of nitrogens with one attached hydrogen (secondary N) is 1. The lowest BCUT2D eigenvalue weighted by Gasteiger charge is -2.29. The van der Waals surface area contributed by atoms with E-state index in [-0.39, 0.29) is 36.7 Å². The van der Waals surface area contributed by atoms with Crippen LogP contribution in [0.15, 0.2) is 48.5 Å². The van der Waals surface area contributed by atoms with Crippen molar-refractivity contribution in [1.29, 1.82) is 0 Å². The summed E-state index contributed by atoms with van der Waals surface area (Å²) in [5.74, 6) is -0.151. The van der Waals surface area contributed by atoms with E-state index in [1.807, 2.05) is 12.1 Å². The number of ether oxygens (including phenoxy) is 1. The predicted molar refractivity (Wildman–Crippen MR) is 97.6 cm³/mol. The van der Waals surface area contributed by atoms with Crippen LogP contribution in [0.4, 0.5) is 4.39 Å². The molecular formula is C19H22ClFN2O2. The largest absolute Gasteiger partial charge is 0.489 e. The Morgan fingerprint density at radius 2 is 1.88 bits per heavy atom. The molecule has 25 heavy (non-hydrogen) atoms. The Balaban J connectivity index is 0.00000225. The molecule has 0 saturated heterocycles. The van der Waals surface area contributed by atoms with Crippen molar-refractivity contribution >= 4 is 18.3 Å². The highest BCUT2D eigenvalue weighted by Crippen LogP contribution is 2.18. The van der Waals surface area contributed by atoms with Crippen molar-refractivity contribution in [2.24, 2.45) is 0 Å². The summed E-state index contributed by atoms with van der Waals surface area (Å²) in [6.07, 6.45) is 0.688. The normalized spacial score (nSPS) is 15.7. The summed E-state index contributed by atoms with van der Waals surface area (Å²) in [5.41, 5.74) is 2.46. The van der Waals surface area contributed by atoms with E-state index in [1.165, 1.54) is 17.2 Å². The summed E-state index contributed by atoms with van der Waals surface area (Å²) in [7, 11) is 1.75. The smallest absolute Gasteiger partial charge is 0.239 e. The van der Waals surface area contributed by atoms with Crippen LogP contribution in [-0.2, 0) is 17.8 Å². The summed E-state index contributed by atoms with van der Waals surface area (Å²) < 4.78 is 18.9. The number of hydrogen-bond acceptors (Lipinski definition) is 3. The summed E-state index contributed by atoms with van der Waals surface area (Å²) >= 11 is 0. The average Bonchev–Trinajstić information content (AvgIpc) is 2.62. The Hall–Kier alpha value is -2.11. The van der Waals surface area contributed by atoms with Crippen molar-refractivity contribution in [3.8, 4) is 5.75 Å². The summed E-state index contributed by atoms with van der Waals surface area (Å²) in [6.45, 7) is 1.37. The number of likely N-dealkylation sites (N-methyl/N-ethyl adjacent to an activating group) is 1. The van der Waals surface area contributed by atoms with Gasteiger partial charge in [0, 0.05) is 13.6 Å². The van der Waals surface area contributed by atoms with Crippen LogP contribution in [0.1, 0.15) is 11.1 Å². The number of carbonyl (C=O) groups is 1. The molecule has 4 nitrogen and oxygen atoms in total. The van der Waals surface area contributed by atoms with Crippen molar-refractivity contribution in [3.63, 3.8) is 0 Å². The Bertz CT molecular complexity index is 726. The van der Waals surface area contributed by atoms with Crippen LogP contribution in [0.25, 0.3) is 0 Å². The van der Waals surface area contributed by atoms with Gasteiger partial charge in [-0.05, 0) is 29.7 Å². The van der Waals surface area contributed by atoms with Crippen molar-refractivity contribution in [2.75, 3.05) is 20.2 Å². The van der Waals surface area contributed by atoms with Gasteiger partial charge in [-0.25, -0.2) is 4.39 Å². The fourth-order valence-corrected chi connectivity index (χ4v) is 2.86. The maximum Gasteiger partial charge on any atom is 0.239 e. The number of fused-ring (bicyclic) bond motifs is 1. The molecule has 1 aliphatic rings. The highest BCUT2D eigenvalue weighted by atomic mass is 35.5. The third-order valence-corrected chi connectivity index (χ3v) is 4.28. The topological polar surface area (TPSA) is 41.6 Å². The number of para-hydroxylation sites is 1. The molecule has 0 radical (unpaired) electrons. The Labute approximate surface area is 153 Å². The molecule has 1 atom stereocenters. The molecule has 0 saturated carbocycles. The van der Waals surface area contributed by atoms with Crippen LogP contribution in [0.5, 0.6) is 5.75 Å². The maximum atomic E-state index is 13.5. The summed E-state index contributed by atoms with van der Waals surface area (Å²) in [5, 5.41) is 3.28. The molecule has 1 amide bonds. The minimum absolute atomic E-state index is 0. The molecule has 2 aromatic rings. The quantitative estimate of drug-likeness (QED) is 0.887. The third kappa shape index (κ3) is 4.71. The van der Waals surface area contributed by atoms with E-state index >= 15 is 0 Å². The highest BCUT2D eigenvalue weighted by Gasteiger charge is 2.26. The monoisotopic (exact) mass is 364 g/mol. The standard InChI is InChI=1S/C19H21FN2O2.ClH/c1-22(10-11-24-18-9-5-4-8-16(18)20)19(23)17-12-14-6-2-3-7-15(14)13-21-17;/h2-9,17,21H,10-13H2,1H3;1H. The molecule has 0 fully saturated rings. The number of nitrogens with zero attached hydrogens (tertiary/aromatic N) is 1. The van der Waals surface area contributed by atoms with Crippen LogP contribution in [-0.4, -0.2) is 37.0 Å². The molecule has 2 aromatic carbocycles. The van der Waals surface area contributed by atoms with Gasteiger partial charge in [0.1, 0.15) is 6.61 Å². The molecule has 0 spiro atoms. The lowest BCUT2D eigenvalue weighted by molar-refractivity contribution is -0.132.